The Labute approximate surface area is 92.5 Å². The number of hydrogen-bond donors (Lipinski definition) is 0. The summed E-state index contributed by atoms with van der Waals surface area (Å²) >= 11 is -2.59. The van der Waals surface area contributed by atoms with Gasteiger partial charge in [0.2, 0.25) is 0 Å². The van der Waals surface area contributed by atoms with Gasteiger partial charge in [-0.15, -0.1) is 0 Å². The smallest absolute Gasteiger partial charge is 0.772 e. The Balaban J connectivity index is 0.00000121. The van der Waals surface area contributed by atoms with Crippen LogP contribution in [0.15, 0.2) is 0 Å². The number of hydrogen-bond acceptors (Lipinski definition) is 2. The molecular weight excluding hydrogens is 204 g/mol. The molecule has 12 heavy (non-hydrogen) atoms. The predicted octanol–water partition coefficient (Wildman–Crippen LogP) is -1.79. The van der Waals surface area contributed by atoms with Crippen molar-refractivity contribution in [2.24, 2.45) is 5.41 Å². The molecule has 7 heteroatoms. The van der Waals surface area contributed by atoms with E-state index in [0.29, 0.717) is 0 Å². The first kappa shape index (κ1) is 12.9. The Kier molecular flexibility index (Phi) is 4.25. The zero-order valence-electron chi connectivity index (χ0n) is 6.48. The second kappa shape index (κ2) is 3.96. The van der Waals surface area contributed by atoms with E-state index in [1.165, 1.54) is 0 Å². The summed E-state index contributed by atoms with van der Waals surface area (Å²) in [5.74, 6) is -0.781. The number of halogens is 3. The van der Waals surface area contributed by atoms with Crippen molar-refractivity contribution in [2.45, 2.75) is 19.0 Å². The summed E-state index contributed by atoms with van der Waals surface area (Å²) in [6, 6.07) is 0. The molecule has 1 aliphatic carbocycles. The molecule has 1 rings (SSSR count). The molecule has 0 aromatic rings. The minimum atomic E-state index is -4.35. The minimum Gasteiger partial charge on any atom is -0.772 e. The van der Waals surface area contributed by atoms with Crippen molar-refractivity contribution in [2.75, 3.05) is 5.75 Å². The maximum Gasteiger partial charge on any atom is 1.00 e. The van der Waals surface area contributed by atoms with Gasteiger partial charge in [-0.1, -0.05) is 11.1 Å². The van der Waals surface area contributed by atoms with Crippen molar-refractivity contribution in [3.05, 3.63) is 0 Å². The van der Waals surface area contributed by atoms with Crippen molar-refractivity contribution in [3.8, 4) is 0 Å². The van der Waals surface area contributed by atoms with E-state index in [9.17, 15) is 21.9 Å². The van der Waals surface area contributed by atoms with Crippen LogP contribution in [0.1, 0.15) is 12.8 Å². The van der Waals surface area contributed by atoms with Gasteiger partial charge in [0.25, 0.3) is 0 Å². The molecule has 0 radical (unpaired) electrons. The summed E-state index contributed by atoms with van der Waals surface area (Å²) in [5, 5.41) is 0. The van der Waals surface area contributed by atoms with Gasteiger partial charge in [-0.2, -0.15) is 13.2 Å². The predicted molar refractivity (Wildman–Crippen MR) is 31.5 cm³/mol. The van der Waals surface area contributed by atoms with E-state index in [4.69, 9.17) is 0 Å². The first-order valence-corrected chi connectivity index (χ1v) is 4.24. The quantitative estimate of drug-likeness (QED) is 0.399. The van der Waals surface area contributed by atoms with E-state index in [1.807, 2.05) is 0 Å². The molecular formula is C5H6F3NaO2S. The largest absolute Gasteiger partial charge is 1.00 e. The molecule has 1 atom stereocenters. The summed E-state index contributed by atoms with van der Waals surface area (Å²) in [6.45, 7) is 0. The molecule has 0 spiro atoms. The van der Waals surface area contributed by atoms with Crippen LogP contribution in [0.5, 0.6) is 0 Å². The Morgan fingerprint density at radius 3 is 1.92 bits per heavy atom. The van der Waals surface area contributed by atoms with Crippen molar-refractivity contribution in [3.63, 3.8) is 0 Å². The Bertz CT molecular complexity index is 190. The van der Waals surface area contributed by atoms with Crippen LogP contribution < -0.4 is 29.6 Å². The van der Waals surface area contributed by atoms with Gasteiger partial charge >= 0.3 is 35.7 Å². The topological polar surface area (TPSA) is 40.1 Å². The summed E-state index contributed by atoms with van der Waals surface area (Å²) in [6.07, 6.45) is -4.46. The summed E-state index contributed by atoms with van der Waals surface area (Å²) < 4.78 is 56.0. The van der Waals surface area contributed by atoms with Crippen LogP contribution in [0.3, 0.4) is 0 Å². The third kappa shape index (κ3) is 2.70. The molecule has 0 aliphatic heterocycles. The zero-order chi connectivity index (χ0) is 8.70. The molecule has 1 saturated carbocycles. The summed E-state index contributed by atoms with van der Waals surface area (Å²) in [4.78, 5) is 0. The van der Waals surface area contributed by atoms with E-state index >= 15 is 0 Å². The first-order valence-electron chi connectivity index (χ1n) is 3.00. The van der Waals surface area contributed by atoms with Gasteiger partial charge in [0.05, 0.1) is 5.41 Å². The molecule has 0 aromatic carbocycles. The third-order valence-corrected chi connectivity index (χ3v) is 2.64. The molecule has 0 bridgehead atoms. The summed E-state index contributed by atoms with van der Waals surface area (Å²) in [7, 11) is 0. The molecule has 1 aliphatic rings. The minimum absolute atomic E-state index is 0. The van der Waals surface area contributed by atoms with Crippen molar-refractivity contribution < 1.29 is 51.5 Å². The molecule has 0 N–H and O–H groups in total. The van der Waals surface area contributed by atoms with Gasteiger partial charge in [0.1, 0.15) is 0 Å². The van der Waals surface area contributed by atoms with E-state index in [-0.39, 0.29) is 42.4 Å². The molecule has 0 saturated heterocycles. The SMILES string of the molecule is O=S([O-])CC1(C(F)(F)F)CC1.[Na+]. The van der Waals surface area contributed by atoms with Crippen LogP contribution in [-0.4, -0.2) is 20.7 Å². The first-order chi connectivity index (χ1) is 4.87. The normalized spacial score (nSPS) is 22.7. The van der Waals surface area contributed by atoms with Gasteiger partial charge in [-0.05, 0) is 12.8 Å². The molecule has 0 amide bonds. The van der Waals surface area contributed by atoms with Gasteiger partial charge in [-0.25, -0.2) is 0 Å². The Morgan fingerprint density at radius 2 is 1.83 bits per heavy atom. The summed E-state index contributed by atoms with van der Waals surface area (Å²) in [5.41, 5.74) is -1.90. The third-order valence-electron chi connectivity index (χ3n) is 1.85. The fourth-order valence-corrected chi connectivity index (χ4v) is 1.79. The fraction of sp³-hybridized carbons (Fsp3) is 1.00. The maximum atomic E-state index is 12.0. The van der Waals surface area contributed by atoms with E-state index in [2.05, 4.69) is 0 Å². The molecule has 1 fully saturated rings. The standard InChI is InChI=1S/C5H7F3O2S.Na/c6-5(7,8)4(1-2-4)3-11(9)10;/h1-3H2,(H,9,10);/q;+1/p-1. The van der Waals surface area contributed by atoms with Crippen LogP contribution >= 0.6 is 0 Å². The Hall–Kier alpha value is 0.900. The Morgan fingerprint density at radius 1 is 1.42 bits per heavy atom. The average molecular weight is 210 g/mol. The molecule has 1 unspecified atom stereocenters. The van der Waals surface area contributed by atoms with Crippen molar-refractivity contribution in [1.29, 1.82) is 0 Å². The van der Waals surface area contributed by atoms with Crippen LogP contribution in [0.25, 0.3) is 0 Å². The molecule has 66 valence electrons. The average Bonchev–Trinajstić information content (AvgIpc) is 2.42. The van der Waals surface area contributed by atoms with Crippen LogP contribution in [0.4, 0.5) is 13.2 Å². The van der Waals surface area contributed by atoms with Crippen molar-refractivity contribution >= 4 is 11.1 Å². The molecule has 0 aromatic heterocycles. The van der Waals surface area contributed by atoms with Crippen LogP contribution in [0, 0.1) is 5.41 Å². The zero-order valence-corrected chi connectivity index (χ0v) is 9.30. The maximum absolute atomic E-state index is 12.0. The number of rotatable bonds is 2. The molecule has 0 heterocycles. The fourth-order valence-electron chi connectivity index (χ4n) is 0.886. The van der Waals surface area contributed by atoms with Crippen LogP contribution in [-0.2, 0) is 11.1 Å². The van der Waals surface area contributed by atoms with E-state index in [0.717, 1.165) is 0 Å². The van der Waals surface area contributed by atoms with Gasteiger partial charge in [0.15, 0.2) is 0 Å². The monoisotopic (exact) mass is 210 g/mol. The van der Waals surface area contributed by atoms with Crippen molar-refractivity contribution in [1.82, 2.24) is 0 Å². The number of alkyl halides is 3. The van der Waals surface area contributed by atoms with Gasteiger partial charge in [-0.3, -0.25) is 4.21 Å². The second-order valence-corrected chi connectivity index (χ2v) is 3.62. The second-order valence-electron chi connectivity index (χ2n) is 2.73. The van der Waals surface area contributed by atoms with Crippen LogP contribution in [0.2, 0.25) is 0 Å². The van der Waals surface area contributed by atoms with E-state index in [1.54, 1.807) is 0 Å². The van der Waals surface area contributed by atoms with E-state index < -0.39 is 28.4 Å². The molecule has 2 nitrogen and oxygen atoms in total. The van der Waals surface area contributed by atoms with Gasteiger partial charge in [0, 0.05) is 5.75 Å². The van der Waals surface area contributed by atoms with Gasteiger partial charge < -0.3 is 4.55 Å².